The van der Waals surface area contributed by atoms with Gasteiger partial charge in [0, 0.05) is 10.9 Å². The van der Waals surface area contributed by atoms with Gasteiger partial charge in [-0.3, -0.25) is 0 Å². The van der Waals surface area contributed by atoms with E-state index in [2.05, 4.69) is 20.7 Å². The van der Waals surface area contributed by atoms with Crippen molar-refractivity contribution in [1.29, 1.82) is 5.26 Å². The van der Waals surface area contributed by atoms with E-state index in [1.165, 1.54) is 6.07 Å². The summed E-state index contributed by atoms with van der Waals surface area (Å²) in [7, 11) is 0. The summed E-state index contributed by atoms with van der Waals surface area (Å²) in [5.41, 5.74) is 0.340. The normalized spacial score (nSPS) is 10.1. The lowest BCUT2D eigenvalue weighted by Gasteiger charge is -2.12. The molecule has 4 nitrogen and oxygen atoms in total. The third-order valence-electron chi connectivity index (χ3n) is 2.19. The van der Waals surface area contributed by atoms with Crippen LogP contribution in [0.3, 0.4) is 0 Å². The van der Waals surface area contributed by atoms with E-state index in [0.717, 1.165) is 6.07 Å². The maximum atomic E-state index is 12.3. The van der Waals surface area contributed by atoms with Gasteiger partial charge in [-0.05, 0) is 19.1 Å². The molecular weight excluding hydrogens is 324 g/mol. The third-order valence-corrected chi connectivity index (χ3v) is 2.75. The molecule has 0 fully saturated rings. The van der Waals surface area contributed by atoms with Crippen molar-refractivity contribution in [3.05, 3.63) is 28.8 Å². The fourth-order valence-corrected chi connectivity index (χ4v) is 1.99. The molecule has 1 aromatic carbocycles. The predicted octanol–water partition coefficient (Wildman–Crippen LogP) is 3.23. The molecule has 0 unspecified atom stereocenters. The van der Waals surface area contributed by atoms with Gasteiger partial charge in [0.15, 0.2) is 0 Å². The van der Waals surface area contributed by atoms with Gasteiger partial charge in [0.2, 0.25) is 0 Å². The van der Waals surface area contributed by atoms with Gasteiger partial charge < -0.3 is 9.47 Å². The number of carbonyl (C=O) groups excluding carboxylic acids is 1. The molecule has 0 bridgehead atoms. The van der Waals surface area contributed by atoms with Crippen LogP contribution < -0.4 is 4.74 Å². The number of halogens is 3. The van der Waals surface area contributed by atoms with E-state index in [-0.39, 0.29) is 34.4 Å². The Morgan fingerprint density at radius 2 is 2.21 bits per heavy atom. The molecule has 1 aromatic rings. The minimum Gasteiger partial charge on any atom is -0.462 e. The van der Waals surface area contributed by atoms with Crippen molar-refractivity contribution >= 4 is 21.9 Å². The van der Waals surface area contributed by atoms with Gasteiger partial charge >= 0.3 is 12.6 Å². The molecule has 0 spiro atoms. The number of carbonyl (C=O) groups is 1. The quantitative estimate of drug-likeness (QED) is 0.613. The number of rotatable bonds is 5. The van der Waals surface area contributed by atoms with Crippen molar-refractivity contribution in [2.24, 2.45) is 0 Å². The molecule has 19 heavy (non-hydrogen) atoms. The van der Waals surface area contributed by atoms with Gasteiger partial charge in [0.1, 0.15) is 5.75 Å². The standard InChI is InChI=1S/C12H10BrF2NO3/c1-2-18-11(17)7-3-8(6-16)9(5-13)10(4-7)19-12(14)15/h3-4,12H,2,5H2,1H3. The Morgan fingerprint density at radius 1 is 1.53 bits per heavy atom. The van der Waals surface area contributed by atoms with Crippen molar-refractivity contribution < 1.29 is 23.0 Å². The Bertz CT molecular complexity index is 514. The first-order valence-electron chi connectivity index (χ1n) is 5.28. The van der Waals surface area contributed by atoms with Crippen molar-refractivity contribution in [3.63, 3.8) is 0 Å². The predicted molar refractivity (Wildman–Crippen MR) is 66.4 cm³/mol. The number of benzene rings is 1. The molecule has 0 aliphatic heterocycles. The van der Waals surface area contributed by atoms with Crippen molar-refractivity contribution in [3.8, 4) is 11.8 Å². The lowest BCUT2D eigenvalue weighted by atomic mass is 10.0. The lowest BCUT2D eigenvalue weighted by Crippen LogP contribution is -2.09. The topological polar surface area (TPSA) is 59.3 Å². The fraction of sp³-hybridized carbons (Fsp3) is 0.333. The number of alkyl halides is 3. The second kappa shape index (κ2) is 7.04. The first-order chi connectivity index (χ1) is 9.03. The number of hydrogen-bond donors (Lipinski definition) is 0. The summed E-state index contributed by atoms with van der Waals surface area (Å²) in [5, 5.41) is 9.13. The van der Waals surface area contributed by atoms with E-state index >= 15 is 0 Å². The van der Waals surface area contributed by atoms with Crippen LogP contribution in [0.25, 0.3) is 0 Å². The van der Waals surface area contributed by atoms with Gasteiger partial charge in [-0.1, -0.05) is 15.9 Å². The number of ether oxygens (including phenoxy) is 2. The summed E-state index contributed by atoms with van der Waals surface area (Å²) in [6.45, 7) is -1.28. The Hall–Kier alpha value is -1.68. The number of nitriles is 1. The summed E-state index contributed by atoms with van der Waals surface area (Å²) in [6.07, 6.45) is 0. The monoisotopic (exact) mass is 333 g/mol. The van der Waals surface area contributed by atoms with E-state index in [4.69, 9.17) is 10.00 Å². The first-order valence-corrected chi connectivity index (χ1v) is 6.40. The van der Waals surface area contributed by atoms with Crippen LogP contribution in [0.5, 0.6) is 5.75 Å². The SMILES string of the molecule is CCOC(=O)c1cc(C#N)c(CBr)c(OC(F)F)c1. The van der Waals surface area contributed by atoms with Crippen molar-refractivity contribution in [2.45, 2.75) is 18.9 Å². The summed E-state index contributed by atoms with van der Waals surface area (Å²) in [5.74, 6) is -0.909. The van der Waals surface area contributed by atoms with Crippen LogP contribution in [0.15, 0.2) is 12.1 Å². The smallest absolute Gasteiger partial charge is 0.387 e. The lowest BCUT2D eigenvalue weighted by molar-refractivity contribution is -0.0504. The summed E-state index contributed by atoms with van der Waals surface area (Å²) in [4.78, 5) is 11.6. The highest BCUT2D eigenvalue weighted by molar-refractivity contribution is 9.08. The van der Waals surface area contributed by atoms with Crippen LogP contribution in [-0.4, -0.2) is 19.2 Å². The number of esters is 1. The average Bonchev–Trinajstić information content (AvgIpc) is 2.37. The zero-order valence-corrected chi connectivity index (χ0v) is 11.5. The maximum Gasteiger partial charge on any atom is 0.387 e. The van der Waals surface area contributed by atoms with E-state index < -0.39 is 12.6 Å². The summed E-state index contributed by atoms with van der Waals surface area (Å²) >= 11 is 3.09. The molecule has 0 aromatic heterocycles. The molecule has 7 heteroatoms. The molecule has 0 heterocycles. The van der Waals surface area contributed by atoms with Crippen molar-refractivity contribution in [2.75, 3.05) is 6.61 Å². The van der Waals surface area contributed by atoms with E-state index in [1.807, 2.05) is 6.07 Å². The molecule has 1 rings (SSSR count). The van der Waals surface area contributed by atoms with Gasteiger partial charge in [-0.25, -0.2) is 4.79 Å². The molecule has 0 saturated heterocycles. The van der Waals surface area contributed by atoms with Crippen LogP contribution in [0.4, 0.5) is 8.78 Å². The second-order valence-electron chi connectivity index (χ2n) is 3.34. The largest absolute Gasteiger partial charge is 0.462 e. The zero-order chi connectivity index (χ0) is 14.4. The Labute approximate surface area is 117 Å². The minimum atomic E-state index is -3.04. The van der Waals surface area contributed by atoms with E-state index in [0.29, 0.717) is 0 Å². The molecule has 0 atom stereocenters. The molecular formula is C12H10BrF2NO3. The fourth-order valence-electron chi connectivity index (χ4n) is 1.42. The first kappa shape index (κ1) is 15.4. The molecule has 0 amide bonds. The van der Waals surface area contributed by atoms with Crippen LogP contribution in [0.1, 0.15) is 28.4 Å². The zero-order valence-electron chi connectivity index (χ0n) is 9.95. The molecule has 0 saturated carbocycles. The molecule has 102 valence electrons. The average molecular weight is 334 g/mol. The van der Waals surface area contributed by atoms with Gasteiger partial charge in [-0.15, -0.1) is 0 Å². The van der Waals surface area contributed by atoms with Crippen LogP contribution >= 0.6 is 15.9 Å². The molecule has 0 radical (unpaired) electrons. The van der Waals surface area contributed by atoms with Crippen LogP contribution in [0, 0.1) is 11.3 Å². The van der Waals surface area contributed by atoms with Gasteiger partial charge in [-0.2, -0.15) is 14.0 Å². The summed E-state index contributed by atoms with van der Waals surface area (Å²) in [6, 6.07) is 4.26. The Morgan fingerprint density at radius 3 is 2.68 bits per heavy atom. The molecule has 0 N–H and O–H groups in total. The molecule has 0 aliphatic carbocycles. The Balaban J connectivity index is 3.30. The van der Waals surface area contributed by atoms with Gasteiger partial charge in [0.05, 0.1) is 23.8 Å². The second-order valence-corrected chi connectivity index (χ2v) is 3.91. The van der Waals surface area contributed by atoms with Crippen LogP contribution in [0.2, 0.25) is 0 Å². The summed E-state index contributed by atoms with van der Waals surface area (Å²) < 4.78 is 33.7. The Kier molecular flexibility index (Phi) is 5.70. The number of nitrogens with zero attached hydrogens (tertiary/aromatic N) is 1. The highest BCUT2D eigenvalue weighted by atomic mass is 79.9. The van der Waals surface area contributed by atoms with Crippen molar-refractivity contribution in [1.82, 2.24) is 0 Å². The highest BCUT2D eigenvalue weighted by Crippen LogP contribution is 2.28. The van der Waals surface area contributed by atoms with Crippen LogP contribution in [-0.2, 0) is 10.1 Å². The number of hydrogen-bond acceptors (Lipinski definition) is 4. The highest BCUT2D eigenvalue weighted by Gasteiger charge is 2.18. The molecule has 0 aliphatic rings. The maximum absolute atomic E-state index is 12.3. The van der Waals surface area contributed by atoms with Gasteiger partial charge in [0.25, 0.3) is 0 Å². The third kappa shape index (κ3) is 3.89. The van der Waals surface area contributed by atoms with E-state index in [9.17, 15) is 13.6 Å². The van der Waals surface area contributed by atoms with E-state index in [1.54, 1.807) is 6.92 Å². The minimum absolute atomic E-state index is 0.00116.